The largest absolute Gasteiger partial charge is 0.346 e. The van der Waals surface area contributed by atoms with Crippen molar-refractivity contribution >= 4 is 15.9 Å². The van der Waals surface area contributed by atoms with E-state index in [0.717, 1.165) is 25.8 Å². The van der Waals surface area contributed by atoms with Crippen LogP contribution in [0.3, 0.4) is 0 Å². The Morgan fingerprint density at radius 1 is 1.15 bits per heavy atom. The van der Waals surface area contributed by atoms with Crippen molar-refractivity contribution in [2.45, 2.75) is 45.4 Å². The minimum absolute atomic E-state index is 0.0346. The Bertz CT molecular complexity index is 653. The van der Waals surface area contributed by atoms with Gasteiger partial charge in [0.2, 0.25) is 15.9 Å². The van der Waals surface area contributed by atoms with Crippen LogP contribution in [0.5, 0.6) is 0 Å². The van der Waals surface area contributed by atoms with E-state index in [1.165, 1.54) is 5.56 Å². The predicted molar refractivity (Wildman–Crippen MR) is 105 cm³/mol. The van der Waals surface area contributed by atoms with Crippen molar-refractivity contribution < 1.29 is 13.2 Å². The number of rotatable bonds is 9. The number of piperidine rings is 1. The first-order chi connectivity index (χ1) is 12.4. The van der Waals surface area contributed by atoms with Crippen LogP contribution in [-0.2, 0) is 21.2 Å². The Morgan fingerprint density at radius 3 is 2.42 bits per heavy atom. The third kappa shape index (κ3) is 6.09. The zero-order chi connectivity index (χ0) is 19.0. The molecule has 26 heavy (non-hydrogen) atoms. The lowest BCUT2D eigenvalue weighted by molar-refractivity contribution is -0.135. The minimum atomic E-state index is -3.23. The van der Waals surface area contributed by atoms with E-state index in [-0.39, 0.29) is 17.6 Å². The quantitative estimate of drug-likeness (QED) is 0.662. The Hall–Kier alpha value is -1.40. The van der Waals surface area contributed by atoms with Gasteiger partial charge in [-0.3, -0.25) is 4.79 Å². The Balaban J connectivity index is 1.77. The maximum atomic E-state index is 12.6. The van der Waals surface area contributed by atoms with Crippen LogP contribution < -0.4 is 0 Å². The summed E-state index contributed by atoms with van der Waals surface area (Å²) in [4.78, 5) is 14.3. The number of amides is 1. The zero-order valence-corrected chi connectivity index (χ0v) is 16.9. The summed E-state index contributed by atoms with van der Waals surface area (Å²) in [6.45, 7) is 3.82. The highest BCUT2D eigenvalue weighted by Gasteiger charge is 2.31. The number of nitrogens with zero attached hydrogens (tertiary/aromatic N) is 2. The molecule has 0 aliphatic carbocycles. The Morgan fingerprint density at radius 2 is 1.81 bits per heavy atom. The zero-order valence-electron chi connectivity index (χ0n) is 16.1. The summed E-state index contributed by atoms with van der Waals surface area (Å²) in [5, 5.41) is 0. The van der Waals surface area contributed by atoms with E-state index in [0.29, 0.717) is 32.4 Å². The molecule has 1 aliphatic rings. The number of hydrogen-bond acceptors (Lipinski definition) is 3. The smallest absolute Gasteiger partial charge is 0.225 e. The lowest BCUT2D eigenvalue weighted by Crippen LogP contribution is -2.44. The second-order valence-corrected chi connectivity index (χ2v) is 9.28. The van der Waals surface area contributed by atoms with Gasteiger partial charge in [-0.05, 0) is 37.7 Å². The summed E-state index contributed by atoms with van der Waals surface area (Å²) >= 11 is 0. The molecule has 0 aromatic heterocycles. The number of carbonyl (C=O) groups is 1. The molecule has 1 saturated heterocycles. The molecule has 0 saturated carbocycles. The number of hydrogen-bond donors (Lipinski definition) is 0. The standard InChI is InChI=1S/C20H32N2O3S/c1-3-4-14-21(2)20(23)19-12-15-22(16-13-19)26(24,25)17-8-11-18-9-6-5-7-10-18/h5-7,9-10,19H,3-4,8,11-17H2,1-2H3. The minimum Gasteiger partial charge on any atom is -0.346 e. The van der Waals surface area contributed by atoms with Crippen LogP contribution in [0.25, 0.3) is 0 Å². The van der Waals surface area contributed by atoms with Gasteiger partial charge in [0, 0.05) is 32.6 Å². The Labute approximate surface area is 158 Å². The van der Waals surface area contributed by atoms with Gasteiger partial charge >= 0.3 is 0 Å². The molecule has 0 radical (unpaired) electrons. The highest BCUT2D eigenvalue weighted by Crippen LogP contribution is 2.22. The van der Waals surface area contributed by atoms with E-state index in [2.05, 4.69) is 6.92 Å². The topological polar surface area (TPSA) is 57.7 Å². The first-order valence-electron chi connectivity index (χ1n) is 9.70. The molecule has 1 aliphatic heterocycles. The molecule has 1 amide bonds. The van der Waals surface area contributed by atoms with Crippen molar-refractivity contribution in [3.63, 3.8) is 0 Å². The van der Waals surface area contributed by atoms with E-state index in [1.54, 1.807) is 9.21 Å². The molecule has 0 N–H and O–H groups in total. The summed E-state index contributed by atoms with van der Waals surface area (Å²) in [6.07, 6.45) is 4.75. The third-order valence-corrected chi connectivity index (χ3v) is 7.09. The number of unbranched alkanes of at least 4 members (excludes halogenated alkanes) is 1. The van der Waals surface area contributed by atoms with E-state index in [1.807, 2.05) is 37.4 Å². The lowest BCUT2D eigenvalue weighted by atomic mass is 9.96. The molecule has 1 aromatic carbocycles. The van der Waals surface area contributed by atoms with Gasteiger partial charge in [0.15, 0.2) is 0 Å². The average Bonchev–Trinajstić information content (AvgIpc) is 2.66. The monoisotopic (exact) mass is 380 g/mol. The maximum Gasteiger partial charge on any atom is 0.225 e. The molecule has 0 atom stereocenters. The van der Waals surface area contributed by atoms with E-state index in [9.17, 15) is 13.2 Å². The van der Waals surface area contributed by atoms with Gasteiger partial charge in [-0.15, -0.1) is 0 Å². The molecule has 2 rings (SSSR count). The first-order valence-corrected chi connectivity index (χ1v) is 11.3. The van der Waals surface area contributed by atoms with Crippen LogP contribution in [0.4, 0.5) is 0 Å². The maximum absolute atomic E-state index is 12.6. The van der Waals surface area contributed by atoms with Crippen molar-refractivity contribution in [3.05, 3.63) is 35.9 Å². The van der Waals surface area contributed by atoms with Crippen molar-refractivity contribution in [2.24, 2.45) is 5.92 Å². The number of carbonyl (C=O) groups excluding carboxylic acids is 1. The number of aryl methyl sites for hydroxylation is 1. The summed E-state index contributed by atoms with van der Waals surface area (Å²) in [7, 11) is -1.38. The first kappa shape index (κ1) is 20.9. The molecule has 0 unspecified atom stereocenters. The molecule has 1 fully saturated rings. The van der Waals surface area contributed by atoms with Crippen LogP contribution in [0, 0.1) is 5.92 Å². The fourth-order valence-electron chi connectivity index (χ4n) is 3.43. The SMILES string of the molecule is CCCCN(C)C(=O)C1CCN(S(=O)(=O)CCCc2ccccc2)CC1. The van der Waals surface area contributed by atoms with Crippen molar-refractivity contribution in [1.82, 2.24) is 9.21 Å². The number of sulfonamides is 1. The predicted octanol–water partition coefficient (Wildman–Crippen LogP) is 2.92. The molecule has 5 nitrogen and oxygen atoms in total. The fourth-order valence-corrected chi connectivity index (χ4v) is 4.97. The highest BCUT2D eigenvalue weighted by atomic mass is 32.2. The van der Waals surface area contributed by atoms with Crippen LogP contribution in [-0.4, -0.2) is 56.0 Å². The summed E-state index contributed by atoms with van der Waals surface area (Å²) in [6, 6.07) is 9.97. The highest BCUT2D eigenvalue weighted by molar-refractivity contribution is 7.89. The van der Waals surface area contributed by atoms with Gasteiger partial charge in [0.1, 0.15) is 0 Å². The normalized spacial score (nSPS) is 16.5. The van der Waals surface area contributed by atoms with Gasteiger partial charge in [0.25, 0.3) is 0 Å². The molecular weight excluding hydrogens is 348 g/mol. The van der Waals surface area contributed by atoms with E-state index < -0.39 is 10.0 Å². The summed E-state index contributed by atoms with van der Waals surface area (Å²) < 4.78 is 26.7. The third-order valence-electron chi connectivity index (χ3n) is 5.13. The van der Waals surface area contributed by atoms with Crippen LogP contribution in [0.15, 0.2) is 30.3 Å². The molecule has 1 heterocycles. The number of benzene rings is 1. The molecule has 0 spiro atoms. The van der Waals surface area contributed by atoms with Gasteiger partial charge in [-0.2, -0.15) is 0 Å². The van der Waals surface area contributed by atoms with Crippen LogP contribution in [0.1, 0.15) is 44.6 Å². The molecule has 6 heteroatoms. The van der Waals surface area contributed by atoms with Crippen molar-refractivity contribution in [2.75, 3.05) is 32.4 Å². The van der Waals surface area contributed by atoms with Gasteiger partial charge in [-0.1, -0.05) is 43.7 Å². The van der Waals surface area contributed by atoms with Crippen molar-refractivity contribution in [3.8, 4) is 0 Å². The lowest BCUT2D eigenvalue weighted by Gasteiger charge is -2.32. The van der Waals surface area contributed by atoms with E-state index in [4.69, 9.17) is 0 Å². The van der Waals surface area contributed by atoms with Crippen molar-refractivity contribution in [1.29, 1.82) is 0 Å². The molecule has 146 valence electrons. The molecule has 1 aromatic rings. The Kier molecular flexibility index (Phi) is 8.10. The van der Waals surface area contributed by atoms with Crippen LogP contribution >= 0.6 is 0 Å². The second-order valence-electron chi connectivity index (χ2n) is 7.19. The van der Waals surface area contributed by atoms with Crippen LogP contribution in [0.2, 0.25) is 0 Å². The van der Waals surface area contributed by atoms with Gasteiger partial charge in [0.05, 0.1) is 5.75 Å². The molecule has 0 bridgehead atoms. The average molecular weight is 381 g/mol. The summed E-state index contributed by atoms with van der Waals surface area (Å²) in [5.41, 5.74) is 1.17. The summed E-state index contributed by atoms with van der Waals surface area (Å²) in [5.74, 6) is 0.309. The second kappa shape index (κ2) is 10.1. The van der Waals surface area contributed by atoms with Gasteiger partial charge in [-0.25, -0.2) is 12.7 Å². The van der Waals surface area contributed by atoms with Gasteiger partial charge < -0.3 is 4.90 Å². The van der Waals surface area contributed by atoms with E-state index >= 15 is 0 Å². The fraction of sp³-hybridized carbons (Fsp3) is 0.650. The molecular formula is C20H32N2O3S.